The van der Waals surface area contributed by atoms with Crippen molar-refractivity contribution < 1.29 is 23.1 Å². The van der Waals surface area contributed by atoms with Crippen molar-refractivity contribution in [3.8, 4) is 0 Å². The minimum Gasteiger partial charge on any atom is -0.480 e. The lowest BCUT2D eigenvalue weighted by molar-refractivity contribution is -0.146. The van der Waals surface area contributed by atoms with Gasteiger partial charge in [0.25, 0.3) is 0 Å². The third kappa shape index (κ3) is 2.36. The lowest BCUT2D eigenvalue weighted by atomic mass is 10.0. The zero-order valence-corrected chi connectivity index (χ0v) is 10.0. The number of hydrogen-bond donors (Lipinski definition) is 1. The van der Waals surface area contributed by atoms with E-state index < -0.39 is 21.8 Å². The van der Waals surface area contributed by atoms with E-state index in [0.29, 0.717) is 13.0 Å². The van der Waals surface area contributed by atoms with Gasteiger partial charge < -0.3 is 14.9 Å². The Balaban J connectivity index is 1.96. The van der Waals surface area contributed by atoms with Crippen LogP contribution in [0.5, 0.6) is 0 Å². The number of aliphatic carboxylic acids is 1. The van der Waals surface area contributed by atoms with Gasteiger partial charge in [0.1, 0.15) is 6.04 Å². The van der Waals surface area contributed by atoms with E-state index in [1.165, 1.54) is 9.80 Å². The molecule has 8 heteroatoms. The first kappa shape index (κ1) is 12.2. The number of carboxylic acids is 1. The number of hydrogen-bond acceptors (Lipinski definition) is 4. The molecule has 0 aliphatic carbocycles. The summed E-state index contributed by atoms with van der Waals surface area (Å²) in [7, 11) is -3.02. The number of nitrogens with zero attached hydrogens (tertiary/aromatic N) is 2. The van der Waals surface area contributed by atoms with E-state index in [2.05, 4.69) is 0 Å². The van der Waals surface area contributed by atoms with Gasteiger partial charge in [-0.05, 0) is 6.42 Å². The van der Waals surface area contributed by atoms with Crippen LogP contribution in [0.3, 0.4) is 0 Å². The molecule has 0 aromatic rings. The van der Waals surface area contributed by atoms with Crippen LogP contribution >= 0.6 is 0 Å². The van der Waals surface area contributed by atoms with Crippen LogP contribution in [0.15, 0.2) is 0 Å². The summed E-state index contributed by atoms with van der Waals surface area (Å²) < 4.78 is 22.4. The normalized spacial score (nSPS) is 27.4. The highest BCUT2D eigenvalue weighted by atomic mass is 32.2. The van der Waals surface area contributed by atoms with E-state index in [0.717, 1.165) is 0 Å². The number of carbonyl (C=O) groups is 2. The SMILES string of the molecule is O=C(O)[C@@H]1CCN1C(=O)N1CCS(=O)(=O)CC1. The molecule has 2 aliphatic rings. The molecule has 1 atom stereocenters. The quantitative estimate of drug-likeness (QED) is 0.653. The van der Waals surface area contributed by atoms with E-state index in [1.807, 2.05) is 0 Å². The molecule has 2 fully saturated rings. The molecule has 2 heterocycles. The fraction of sp³-hybridized carbons (Fsp3) is 0.778. The van der Waals surface area contributed by atoms with Gasteiger partial charge in [0.15, 0.2) is 9.84 Å². The van der Waals surface area contributed by atoms with Crippen molar-refractivity contribution in [1.82, 2.24) is 9.80 Å². The number of urea groups is 1. The van der Waals surface area contributed by atoms with E-state index in [9.17, 15) is 18.0 Å². The molecular weight excluding hydrogens is 248 g/mol. The van der Waals surface area contributed by atoms with Crippen molar-refractivity contribution in [2.45, 2.75) is 12.5 Å². The summed E-state index contributed by atoms with van der Waals surface area (Å²) in [6.07, 6.45) is 0.465. The third-order valence-corrected chi connectivity index (χ3v) is 4.77. The average Bonchev–Trinajstić information content (AvgIpc) is 2.14. The summed E-state index contributed by atoms with van der Waals surface area (Å²) in [6, 6.07) is -1.11. The third-order valence-electron chi connectivity index (χ3n) is 3.17. The lowest BCUT2D eigenvalue weighted by Gasteiger charge is -2.41. The van der Waals surface area contributed by atoms with Gasteiger partial charge in [0.05, 0.1) is 11.5 Å². The molecule has 2 aliphatic heterocycles. The second-order valence-corrected chi connectivity index (χ2v) is 6.56. The monoisotopic (exact) mass is 262 g/mol. The Hall–Kier alpha value is -1.31. The molecule has 0 spiro atoms. The molecule has 0 aromatic heterocycles. The van der Waals surface area contributed by atoms with Crippen LogP contribution in [0.4, 0.5) is 4.79 Å². The summed E-state index contributed by atoms with van der Waals surface area (Å²) in [5.74, 6) is -1.08. The van der Waals surface area contributed by atoms with E-state index in [-0.39, 0.29) is 30.6 Å². The van der Waals surface area contributed by atoms with Crippen LogP contribution in [-0.2, 0) is 14.6 Å². The zero-order valence-electron chi connectivity index (χ0n) is 9.20. The molecule has 0 aromatic carbocycles. The Morgan fingerprint density at radius 1 is 1.12 bits per heavy atom. The first-order chi connectivity index (χ1) is 7.91. The Morgan fingerprint density at radius 3 is 2.12 bits per heavy atom. The van der Waals surface area contributed by atoms with Gasteiger partial charge >= 0.3 is 12.0 Å². The summed E-state index contributed by atoms with van der Waals surface area (Å²) >= 11 is 0. The molecule has 7 nitrogen and oxygen atoms in total. The highest BCUT2D eigenvalue weighted by Gasteiger charge is 2.40. The van der Waals surface area contributed by atoms with Gasteiger partial charge in [-0.15, -0.1) is 0 Å². The maximum atomic E-state index is 11.9. The van der Waals surface area contributed by atoms with E-state index >= 15 is 0 Å². The predicted octanol–water partition coefficient (Wildman–Crippen LogP) is -1.00. The number of carbonyl (C=O) groups excluding carboxylic acids is 1. The maximum absolute atomic E-state index is 11.9. The van der Waals surface area contributed by atoms with Gasteiger partial charge in [-0.25, -0.2) is 18.0 Å². The molecule has 17 heavy (non-hydrogen) atoms. The van der Waals surface area contributed by atoms with Gasteiger partial charge in [-0.1, -0.05) is 0 Å². The van der Waals surface area contributed by atoms with E-state index in [1.54, 1.807) is 0 Å². The van der Waals surface area contributed by atoms with Crippen molar-refractivity contribution in [2.75, 3.05) is 31.1 Å². The average molecular weight is 262 g/mol. The van der Waals surface area contributed by atoms with Crippen LogP contribution in [0.2, 0.25) is 0 Å². The summed E-state index contributed by atoms with van der Waals surface area (Å²) in [5, 5.41) is 8.83. The topological polar surface area (TPSA) is 95.0 Å². The van der Waals surface area contributed by atoms with Crippen LogP contribution in [-0.4, -0.2) is 72.5 Å². The second kappa shape index (κ2) is 4.17. The van der Waals surface area contributed by atoms with Crippen molar-refractivity contribution in [3.05, 3.63) is 0 Å². The minimum atomic E-state index is -3.02. The van der Waals surface area contributed by atoms with Crippen LogP contribution in [0, 0.1) is 0 Å². The van der Waals surface area contributed by atoms with Crippen LogP contribution in [0.1, 0.15) is 6.42 Å². The van der Waals surface area contributed by atoms with Crippen LogP contribution in [0.25, 0.3) is 0 Å². The maximum Gasteiger partial charge on any atom is 0.326 e. The van der Waals surface area contributed by atoms with Gasteiger partial charge in [0.2, 0.25) is 0 Å². The lowest BCUT2D eigenvalue weighted by Crippen LogP contribution is -2.60. The van der Waals surface area contributed by atoms with E-state index in [4.69, 9.17) is 5.11 Å². The van der Waals surface area contributed by atoms with Gasteiger partial charge in [-0.3, -0.25) is 0 Å². The Kier molecular flexibility index (Phi) is 2.98. The standard InChI is InChI=1S/C9H14N2O5S/c12-8(13)7-1-2-11(7)9(14)10-3-5-17(15,16)6-4-10/h7H,1-6H2,(H,12,13)/t7-/m0/s1. The fourth-order valence-corrected chi connectivity index (χ4v) is 3.16. The number of likely N-dealkylation sites (tertiary alicyclic amines) is 1. The first-order valence-corrected chi connectivity index (χ1v) is 7.21. The Bertz CT molecular complexity index is 432. The molecule has 96 valence electrons. The minimum absolute atomic E-state index is 0.0374. The Labute approximate surface area is 98.9 Å². The summed E-state index contributed by atoms with van der Waals surface area (Å²) in [6.45, 7) is 0.743. The molecule has 0 bridgehead atoms. The molecule has 2 saturated heterocycles. The largest absolute Gasteiger partial charge is 0.480 e. The molecule has 0 saturated carbocycles. The van der Waals surface area contributed by atoms with Crippen molar-refractivity contribution in [1.29, 1.82) is 0 Å². The highest BCUT2D eigenvalue weighted by molar-refractivity contribution is 7.91. The number of rotatable bonds is 1. The highest BCUT2D eigenvalue weighted by Crippen LogP contribution is 2.20. The van der Waals surface area contributed by atoms with Gasteiger partial charge in [-0.2, -0.15) is 0 Å². The molecule has 2 amide bonds. The van der Waals surface area contributed by atoms with Crippen molar-refractivity contribution in [2.24, 2.45) is 0 Å². The summed E-state index contributed by atoms with van der Waals surface area (Å²) in [4.78, 5) is 25.4. The molecular formula is C9H14N2O5S. The molecule has 1 N–H and O–H groups in total. The van der Waals surface area contributed by atoms with Gasteiger partial charge in [0, 0.05) is 19.6 Å². The second-order valence-electron chi connectivity index (χ2n) is 4.26. The number of amides is 2. The number of carboxylic acid groups (broad SMARTS) is 1. The molecule has 0 radical (unpaired) electrons. The number of sulfone groups is 1. The zero-order chi connectivity index (χ0) is 12.6. The Morgan fingerprint density at radius 2 is 1.71 bits per heavy atom. The summed E-state index contributed by atoms with van der Waals surface area (Å²) in [5.41, 5.74) is 0. The molecule has 2 rings (SSSR count). The van der Waals surface area contributed by atoms with Crippen LogP contribution < -0.4 is 0 Å². The molecule has 0 unspecified atom stereocenters. The smallest absolute Gasteiger partial charge is 0.326 e. The van der Waals surface area contributed by atoms with Crippen molar-refractivity contribution in [3.63, 3.8) is 0 Å². The van der Waals surface area contributed by atoms with Crippen molar-refractivity contribution >= 4 is 21.8 Å². The fourth-order valence-electron chi connectivity index (χ4n) is 1.96. The predicted molar refractivity (Wildman–Crippen MR) is 58.4 cm³/mol. The first-order valence-electron chi connectivity index (χ1n) is 5.39.